The number of amides is 2. The molecule has 1 aliphatic rings. The summed E-state index contributed by atoms with van der Waals surface area (Å²) in [4.78, 5) is 36.7. The summed E-state index contributed by atoms with van der Waals surface area (Å²) in [6.07, 6.45) is 2.50. The van der Waals surface area contributed by atoms with E-state index in [1.54, 1.807) is 24.3 Å². The average Bonchev–Trinajstić information content (AvgIpc) is 2.73. The number of nitrogens with zero attached hydrogens (tertiary/aromatic N) is 1. The zero-order valence-electron chi connectivity index (χ0n) is 11.7. The van der Waals surface area contributed by atoms with Crippen LogP contribution in [0.25, 0.3) is 0 Å². The SMILES string of the molecule is NCCCCCOC(=O)CN1C(=O)c2ccccc2C1=O. The molecule has 0 atom stereocenters. The molecule has 2 N–H and O–H groups in total. The topological polar surface area (TPSA) is 89.7 Å². The fraction of sp³-hybridized carbons (Fsp3) is 0.400. The van der Waals surface area contributed by atoms with Crippen molar-refractivity contribution in [3.63, 3.8) is 0 Å². The number of nitrogens with two attached hydrogens (primary N) is 1. The number of imide groups is 1. The van der Waals surface area contributed by atoms with Crippen molar-refractivity contribution in [1.29, 1.82) is 0 Å². The van der Waals surface area contributed by atoms with Crippen LogP contribution in [-0.4, -0.2) is 42.4 Å². The van der Waals surface area contributed by atoms with Gasteiger partial charge in [-0.1, -0.05) is 12.1 Å². The van der Waals surface area contributed by atoms with Gasteiger partial charge in [-0.05, 0) is 37.9 Å². The predicted octanol–water partition coefficient (Wildman–Crippen LogP) is 0.955. The monoisotopic (exact) mass is 290 g/mol. The van der Waals surface area contributed by atoms with Crippen LogP contribution in [0.4, 0.5) is 0 Å². The van der Waals surface area contributed by atoms with E-state index in [2.05, 4.69) is 0 Å². The van der Waals surface area contributed by atoms with Gasteiger partial charge in [-0.2, -0.15) is 0 Å². The van der Waals surface area contributed by atoms with E-state index in [4.69, 9.17) is 10.5 Å². The highest BCUT2D eigenvalue weighted by molar-refractivity contribution is 6.22. The summed E-state index contributed by atoms with van der Waals surface area (Å²) in [5, 5.41) is 0. The summed E-state index contributed by atoms with van der Waals surface area (Å²) < 4.78 is 5.02. The van der Waals surface area contributed by atoms with Gasteiger partial charge in [0.1, 0.15) is 6.54 Å². The van der Waals surface area contributed by atoms with Gasteiger partial charge in [0, 0.05) is 0 Å². The number of carbonyl (C=O) groups excluding carboxylic acids is 3. The van der Waals surface area contributed by atoms with Crippen molar-refractivity contribution in [2.45, 2.75) is 19.3 Å². The van der Waals surface area contributed by atoms with Crippen LogP contribution in [0.15, 0.2) is 24.3 Å². The summed E-state index contributed by atoms with van der Waals surface area (Å²) in [5.74, 6) is -1.47. The Morgan fingerprint density at radius 2 is 1.67 bits per heavy atom. The number of ether oxygens (including phenoxy) is 1. The number of unbranched alkanes of at least 4 members (excludes halogenated alkanes) is 2. The first-order valence-electron chi connectivity index (χ1n) is 6.96. The van der Waals surface area contributed by atoms with Crippen molar-refractivity contribution in [3.8, 4) is 0 Å². The number of benzene rings is 1. The number of fused-ring (bicyclic) bond motifs is 1. The Labute approximate surface area is 122 Å². The molecule has 6 heteroatoms. The standard InChI is InChI=1S/C15H18N2O4/c16-8-4-1-5-9-21-13(18)10-17-14(19)11-6-2-3-7-12(11)15(17)20/h2-3,6-7H,1,4-5,8-10,16H2. The van der Waals surface area contributed by atoms with Gasteiger partial charge in [0.2, 0.25) is 0 Å². The Hall–Kier alpha value is -2.21. The third kappa shape index (κ3) is 3.46. The van der Waals surface area contributed by atoms with Crippen LogP contribution in [0.5, 0.6) is 0 Å². The fourth-order valence-corrected chi connectivity index (χ4v) is 2.17. The Bertz CT molecular complexity index is 521. The van der Waals surface area contributed by atoms with E-state index in [1.807, 2.05) is 0 Å². The second-order valence-corrected chi connectivity index (χ2v) is 4.81. The third-order valence-corrected chi connectivity index (χ3v) is 3.28. The van der Waals surface area contributed by atoms with Gasteiger partial charge in [0.05, 0.1) is 17.7 Å². The van der Waals surface area contributed by atoms with Crippen LogP contribution in [0, 0.1) is 0 Å². The zero-order chi connectivity index (χ0) is 15.2. The van der Waals surface area contributed by atoms with Crippen LogP contribution in [0.3, 0.4) is 0 Å². The van der Waals surface area contributed by atoms with Crippen molar-refractivity contribution in [2.24, 2.45) is 5.73 Å². The molecule has 0 radical (unpaired) electrons. The molecule has 0 spiro atoms. The Morgan fingerprint density at radius 3 is 2.24 bits per heavy atom. The lowest BCUT2D eigenvalue weighted by Crippen LogP contribution is -2.35. The molecule has 112 valence electrons. The van der Waals surface area contributed by atoms with E-state index in [-0.39, 0.29) is 13.2 Å². The smallest absolute Gasteiger partial charge is 0.326 e. The summed E-state index contributed by atoms with van der Waals surface area (Å²) >= 11 is 0. The van der Waals surface area contributed by atoms with E-state index >= 15 is 0 Å². The second-order valence-electron chi connectivity index (χ2n) is 4.81. The first-order valence-corrected chi connectivity index (χ1v) is 6.96. The van der Waals surface area contributed by atoms with Crippen molar-refractivity contribution in [3.05, 3.63) is 35.4 Å². The average molecular weight is 290 g/mol. The van der Waals surface area contributed by atoms with E-state index in [0.29, 0.717) is 17.7 Å². The quantitative estimate of drug-likeness (QED) is 0.459. The maximum atomic E-state index is 12.0. The van der Waals surface area contributed by atoms with E-state index in [1.165, 1.54) is 0 Å². The molecule has 2 rings (SSSR count). The second kappa shape index (κ2) is 6.99. The van der Waals surface area contributed by atoms with Gasteiger partial charge in [0.15, 0.2) is 0 Å². The summed E-state index contributed by atoms with van der Waals surface area (Å²) in [6, 6.07) is 6.52. The van der Waals surface area contributed by atoms with Gasteiger partial charge < -0.3 is 10.5 Å². The molecular weight excluding hydrogens is 272 g/mol. The Balaban J connectivity index is 1.86. The summed E-state index contributed by atoms with van der Waals surface area (Å²) in [7, 11) is 0. The van der Waals surface area contributed by atoms with E-state index in [9.17, 15) is 14.4 Å². The Kier molecular flexibility index (Phi) is 5.05. The number of carbonyl (C=O) groups is 3. The molecule has 1 aliphatic heterocycles. The molecule has 1 aromatic carbocycles. The number of hydrogen-bond acceptors (Lipinski definition) is 5. The first-order chi connectivity index (χ1) is 10.1. The lowest BCUT2D eigenvalue weighted by Gasteiger charge is -2.12. The number of esters is 1. The van der Waals surface area contributed by atoms with Gasteiger partial charge in [-0.15, -0.1) is 0 Å². The minimum Gasteiger partial charge on any atom is -0.464 e. The zero-order valence-corrected chi connectivity index (χ0v) is 11.7. The van der Waals surface area contributed by atoms with Crippen molar-refractivity contribution >= 4 is 17.8 Å². The van der Waals surface area contributed by atoms with Crippen LogP contribution in [-0.2, 0) is 9.53 Å². The van der Waals surface area contributed by atoms with Crippen LogP contribution in [0.1, 0.15) is 40.0 Å². The molecule has 0 aromatic heterocycles. The molecule has 2 amide bonds. The predicted molar refractivity (Wildman–Crippen MR) is 75.7 cm³/mol. The van der Waals surface area contributed by atoms with Crippen LogP contribution >= 0.6 is 0 Å². The molecule has 1 aromatic rings. The van der Waals surface area contributed by atoms with Gasteiger partial charge in [0.25, 0.3) is 11.8 Å². The lowest BCUT2D eigenvalue weighted by atomic mass is 10.1. The highest BCUT2D eigenvalue weighted by Gasteiger charge is 2.36. The maximum Gasteiger partial charge on any atom is 0.326 e. The first kappa shape index (κ1) is 15.2. The molecule has 0 bridgehead atoms. The third-order valence-electron chi connectivity index (χ3n) is 3.28. The highest BCUT2D eigenvalue weighted by Crippen LogP contribution is 2.22. The van der Waals surface area contributed by atoms with Crippen LogP contribution < -0.4 is 5.73 Å². The van der Waals surface area contributed by atoms with Crippen molar-refractivity contribution in [2.75, 3.05) is 19.7 Å². The largest absolute Gasteiger partial charge is 0.464 e. The minimum atomic E-state index is -0.572. The maximum absolute atomic E-state index is 12.0. The van der Waals surface area contributed by atoms with E-state index < -0.39 is 17.8 Å². The molecule has 0 saturated carbocycles. The van der Waals surface area contributed by atoms with Crippen LogP contribution in [0.2, 0.25) is 0 Å². The molecular formula is C15H18N2O4. The van der Waals surface area contributed by atoms with Gasteiger partial charge >= 0.3 is 5.97 Å². The number of hydrogen-bond donors (Lipinski definition) is 1. The van der Waals surface area contributed by atoms with E-state index in [0.717, 1.165) is 24.2 Å². The molecule has 6 nitrogen and oxygen atoms in total. The molecule has 1 heterocycles. The molecule has 21 heavy (non-hydrogen) atoms. The highest BCUT2D eigenvalue weighted by atomic mass is 16.5. The molecule has 0 fully saturated rings. The number of rotatable bonds is 7. The molecule has 0 saturated heterocycles. The fourth-order valence-electron chi connectivity index (χ4n) is 2.17. The molecule has 0 aliphatic carbocycles. The molecule has 0 unspecified atom stereocenters. The van der Waals surface area contributed by atoms with Crippen molar-refractivity contribution < 1.29 is 19.1 Å². The van der Waals surface area contributed by atoms with Gasteiger partial charge in [-0.3, -0.25) is 19.3 Å². The Morgan fingerprint density at radius 1 is 1.05 bits per heavy atom. The van der Waals surface area contributed by atoms with Crippen molar-refractivity contribution in [1.82, 2.24) is 4.90 Å². The normalized spacial score (nSPS) is 13.5. The summed E-state index contributed by atoms with van der Waals surface area (Å²) in [5.41, 5.74) is 6.03. The lowest BCUT2D eigenvalue weighted by molar-refractivity contribution is -0.144. The summed E-state index contributed by atoms with van der Waals surface area (Å²) in [6.45, 7) is 0.550. The minimum absolute atomic E-state index is 0.280. The van der Waals surface area contributed by atoms with Gasteiger partial charge in [-0.25, -0.2) is 0 Å².